The molecule has 2 aromatic rings. The summed E-state index contributed by atoms with van der Waals surface area (Å²) in [5.41, 5.74) is 4.39. The average Bonchev–Trinajstić information content (AvgIpc) is 3.33. The predicted molar refractivity (Wildman–Crippen MR) is 121 cm³/mol. The van der Waals surface area contributed by atoms with E-state index in [0.717, 1.165) is 24.9 Å². The number of aryl methyl sites for hydroxylation is 2. The van der Waals surface area contributed by atoms with E-state index in [1.54, 1.807) is 29.2 Å². The topological polar surface area (TPSA) is 78.5 Å². The fourth-order valence-electron chi connectivity index (χ4n) is 4.22. The van der Waals surface area contributed by atoms with Gasteiger partial charge in [0.1, 0.15) is 0 Å². The van der Waals surface area contributed by atoms with Gasteiger partial charge in [-0.25, -0.2) is 0 Å². The highest BCUT2D eigenvalue weighted by molar-refractivity contribution is 6.03. The van der Waals surface area contributed by atoms with Gasteiger partial charge in [0.15, 0.2) is 0 Å². The number of hydrogen-bond acceptors (Lipinski definition) is 3. The van der Waals surface area contributed by atoms with Gasteiger partial charge in [0.25, 0.3) is 5.91 Å². The highest BCUT2D eigenvalue weighted by Crippen LogP contribution is 2.31. The normalized spacial score (nSPS) is 18.1. The van der Waals surface area contributed by atoms with Gasteiger partial charge >= 0.3 is 0 Å². The molecule has 0 spiro atoms. The fourth-order valence-corrected chi connectivity index (χ4v) is 4.22. The zero-order valence-electron chi connectivity index (χ0n) is 18.3. The summed E-state index contributed by atoms with van der Waals surface area (Å²) in [6.07, 6.45) is 3.52. The van der Waals surface area contributed by atoms with Crippen LogP contribution in [0.15, 0.2) is 42.5 Å². The maximum atomic E-state index is 12.8. The number of rotatable bonds is 4. The molecule has 1 unspecified atom stereocenters. The molecular weight excluding hydrogens is 390 g/mol. The van der Waals surface area contributed by atoms with Gasteiger partial charge in [-0.2, -0.15) is 0 Å². The molecule has 2 aromatic carbocycles. The summed E-state index contributed by atoms with van der Waals surface area (Å²) in [7, 11) is 0. The summed E-state index contributed by atoms with van der Waals surface area (Å²) in [6.45, 7) is 6.16. The van der Waals surface area contributed by atoms with E-state index >= 15 is 0 Å². The molecule has 4 rings (SSSR count). The number of carbonyl (C=O) groups excluding carboxylic acids is 3. The van der Waals surface area contributed by atoms with E-state index in [9.17, 15) is 14.4 Å². The Morgan fingerprint density at radius 3 is 2.42 bits per heavy atom. The van der Waals surface area contributed by atoms with Crippen molar-refractivity contribution in [3.8, 4) is 0 Å². The van der Waals surface area contributed by atoms with Gasteiger partial charge < -0.3 is 15.5 Å². The first-order chi connectivity index (χ1) is 14.7. The summed E-state index contributed by atoms with van der Waals surface area (Å²) in [5.74, 6) is -0.752. The molecule has 1 aliphatic heterocycles. The highest BCUT2D eigenvalue weighted by atomic mass is 16.2. The van der Waals surface area contributed by atoms with Gasteiger partial charge in [-0.3, -0.25) is 14.4 Å². The van der Waals surface area contributed by atoms with Crippen molar-refractivity contribution in [1.29, 1.82) is 0 Å². The molecule has 2 aliphatic rings. The average molecular weight is 420 g/mol. The molecular formula is C25H29N3O3. The minimum Gasteiger partial charge on any atom is -0.347 e. The molecule has 0 radical (unpaired) electrons. The number of fused-ring (bicyclic) bond motifs is 1. The van der Waals surface area contributed by atoms with Crippen molar-refractivity contribution in [3.63, 3.8) is 0 Å². The van der Waals surface area contributed by atoms with Crippen LogP contribution < -0.4 is 15.5 Å². The van der Waals surface area contributed by atoms with Crippen LogP contribution in [-0.2, 0) is 22.4 Å². The lowest BCUT2D eigenvalue weighted by atomic mass is 10.1. The Kier molecular flexibility index (Phi) is 5.56. The van der Waals surface area contributed by atoms with Crippen molar-refractivity contribution in [2.45, 2.75) is 52.0 Å². The second-order valence-electron chi connectivity index (χ2n) is 9.48. The lowest BCUT2D eigenvalue weighted by Gasteiger charge is -2.20. The Balaban J connectivity index is 1.38. The van der Waals surface area contributed by atoms with E-state index in [1.165, 1.54) is 11.1 Å². The molecule has 6 nitrogen and oxygen atoms in total. The summed E-state index contributed by atoms with van der Waals surface area (Å²) >= 11 is 0. The molecule has 1 fully saturated rings. The summed E-state index contributed by atoms with van der Waals surface area (Å²) in [5, 5.41) is 5.79. The van der Waals surface area contributed by atoms with Gasteiger partial charge in [-0.05, 0) is 87.6 Å². The maximum absolute atomic E-state index is 12.8. The van der Waals surface area contributed by atoms with Crippen molar-refractivity contribution in [2.24, 2.45) is 5.92 Å². The minimum absolute atomic E-state index is 0.0210. The Bertz CT molecular complexity index is 1020. The van der Waals surface area contributed by atoms with E-state index in [4.69, 9.17) is 0 Å². The zero-order chi connectivity index (χ0) is 22.2. The van der Waals surface area contributed by atoms with E-state index < -0.39 is 5.92 Å². The monoisotopic (exact) mass is 419 g/mol. The molecule has 1 saturated heterocycles. The van der Waals surface area contributed by atoms with Crippen LogP contribution in [0, 0.1) is 5.92 Å². The van der Waals surface area contributed by atoms with Crippen molar-refractivity contribution < 1.29 is 14.4 Å². The number of benzene rings is 2. The second kappa shape index (κ2) is 8.17. The number of hydrogen-bond donors (Lipinski definition) is 2. The molecule has 1 heterocycles. The predicted octanol–water partition coefficient (Wildman–Crippen LogP) is 3.70. The van der Waals surface area contributed by atoms with E-state index in [2.05, 4.69) is 22.8 Å². The summed E-state index contributed by atoms with van der Waals surface area (Å²) in [4.78, 5) is 39.3. The van der Waals surface area contributed by atoms with Gasteiger partial charge in [0.2, 0.25) is 11.8 Å². The van der Waals surface area contributed by atoms with Crippen LogP contribution in [0.4, 0.5) is 11.4 Å². The quantitative estimate of drug-likeness (QED) is 0.793. The Hall–Kier alpha value is -3.15. The molecule has 162 valence electrons. The van der Waals surface area contributed by atoms with Crippen LogP contribution >= 0.6 is 0 Å². The van der Waals surface area contributed by atoms with Crippen LogP contribution in [0.25, 0.3) is 0 Å². The molecule has 3 amide bonds. The van der Waals surface area contributed by atoms with Crippen molar-refractivity contribution in [2.75, 3.05) is 16.8 Å². The standard InChI is InChI=1S/C25H29N3O3/c1-25(2,3)27-24(31)17-7-10-20(11-8-17)26-23(30)19-14-22(29)28(15-19)21-12-9-16-5-4-6-18(16)13-21/h7-13,19H,4-6,14-15H2,1-3H3,(H,26,30)(H,27,31). The van der Waals surface area contributed by atoms with Crippen LogP contribution in [0.5, 0.6) is 0 Å². The number of anilines is 2. The first kappa shape index (κ1) is 21.1. The Morgan fingerprint density at radius 1 is 1.00 bits per heavy atom. The second-order valence-corrected chi connectivity index (χ2v) is 9.48. The first-order valence-electron chi connectivity index (χ1n) is 10.9. The van der Waals surface area contributed by atoms with E-state index in [1.807, 2.05) is 26.8 Å². The highest BCUT2D eigenvalue weighted by Gasteiger charge is 2.35. The molecule has 31 heavy (non-hydrogen) atoms. The van der Waals surface area contributed by atoms with Crippen LogP contribution in [-0.4, -0.2) is 29.8 Å². The number of nitrogens with zero attached hydrogens (tertiary/aromatic N) is 1. The molecule has 0 saturated carbocycles. The van der Waals surface area contributed by atoms with Gasteiger partial charge in [0.05, 0.1) is 5.92 Å². The lowest BCUT2D eigenvalue weighted by Crippen LogP contribution is -2.40. The molecule has 1 aliphatic carbocycles. The van der Waals surface area contributed by atoms with Crippen molar-refractivity contribution in [1.82, 2.24) is 5.32 Å². The third kappa shape index (κ3) is 4.79. The third-order valence-electron chi connectivity index (χ3n) is 5.79. The zero-order valence-corrected chi connectivity index (χ0v) is 18.3. The lowest BCUT2D eigenvalue weighted by molar-refractivity contribution is -0.122. The summed E-state index contributed by atoms with van der Waals surface area (Å²) in [6, 6.07) is 13.0. The summed E-state index contributed by atoms with van der Waals surface area (Å²) < 4.78 is 0. The Morgan fingerprint density at radius 2 is 1.71 bits per heavy atom. The Labute approximate surface area is 183 Å². The molecule has 1 atom stereocenters. The first-order valence-corrected chi connectivity index (χ1v) is 10.9. The maximum Gasteiger partial charge on any atom is 0.251 e. The van der Waals surface area contributed by atoms with Crippen LogP contribution in [0.1, 0.15) is 55.1 Å². The van der Waals surface area contributed by atoms with Gasteiger partial charge in [-0.15, -0.1) is 0 Å². The SMILES string of the molecule is CC(C)(C)NC(=O)c1ccc(NC(=O)C2CC(=O)N(c3ccc4c(c3)CCC4)C2)cc1. The van der Waals surface area contributed by atoms with Crippen LogP contribution in [0.3, 0.4) is 0 Å². The molecule has 0 aromatic heterocycles. The smallest absolute Gasteiger partial charge is 0.251 e. The number of nitrogens with one attached hydrogen (secondary N) is 2. The van der Waals surface area contributed by atoms with Crippen molar-refractivity contribution in [3.05, 3.63) is 59.2 Å². The van der Waals surface area contributed by atoms with Gasteiger partial charge in [0, 0.05) is 35.4 Å². The van der Waals surface area contributed by atoms with E-state index in [-0.39, 0.29) is 29.7 Å². The van der Waals surface area contributed by atoms with Crippen LogP contribution in [0.2, 0.25) is 0 Å². The van der Waals surface area contributed by atoms with E-state index in [0.29, 0.717) is 17.8 Å². The molecule has 6 heteroatoms. The molecule has 2 N–H and O–H groups in total. The third-order valence-corrected chi connectivity index (χ3v) is 5.79. The van der Waals surface area contributed by atoms with Crippen molar-refractivity contribution >= 4 is 29.1 Å². The largest absolute Gasteiger partial charge is 0.347 e. The fraction of sp³-hybridized carbons (Fsp3) is 0.400. The molecule has 0 bridgehead atoms. The number of amides is 3. The number of carbonyl (C=O) groups is 3. The minimum atomic E-state index is -0.398. The van der Waals surface area contributed by atoms with Gasteiger partial charge in [-0.1, -0.05) is 6.07 Å².